The van der Waals surface area contributed by atoms with E-state index in [1.54, 1.807) is 0 Å². The Morgan fingerprint density at radius 3 is 2.27 bits per heavy atom. The molecular formula is C13H24O2. The summed E-state index contributed by atoms with van der Waals surface area (Å²) in [6, 6.07) is 0. The van der Waals surface area contributed by atoms with Gasteiger partial charge in [0.1, 0.15) is 0 Å². The molecule has 0 spiro atoms. The highest BCUT2D eigenvalue weighted by molar-refractivity contribution is 4.97. The standard InChI is InChI=1S/C13H24O2/c1-2-15-13(12(14)11-7-8-11)9-5-3-4-6-10-13/h11-12,14H,2-10H2,1H3. The number of aliphatic hydroxyl groups excluding tert-OH is 1. The van der Waals surface area contributed by atoms with Crippen molar-refractivity contribution in [3.8, 4) is 0 Å². The zero-order valence-corrected chi connectivity index (χ0v) is 9.87. The number of hydrogen-bond donors (Lipinski definition) is 1. The van der Waals surface area contributed by atoms with E-state index >= 15 is 0 Å². The van der Waals surface area contributed by atoms with Gasteiger partial charge in [-0.2, -0.15) is 0 Å². The highest BCUT2D eigenvalue weighted by Gasteiger charge is 2.46. The zero-order chi connectivity index (χ0) is 10.7. The van der Waals surface area contributed by atoms with Gasteiger partial charge in [0.25, 0.3) is 0 Å². The van der Waals surface area contributed by atoms with Crippen LogP contribution in [0, 0.1) is 5.92 Å². The Morgan fingerprint density at radius 2 is 1.80 bits per heavy atom. The molecule has 1 atom stereocenters. The molecule has 0 aromatic carbocycles. The monoisotopic (exact) mass is 212 g/mol. The lowest BCUT2D eigenvalue weighted by Gasteiger charge is -2.37. The minimum Gasteiger partial charge on any atom is -0.390 e. The maximum absolute atomic E-state index is 10.4. The van der Waals surface area contributed by atoms with E-state index in [1.807, 2.05) is 6.92 Å². The van der Waals surface area contributed by atoms with E-state index in [9.17, 15) is 5.11 Å². The zero-order valence-electron chi connectivity index (χ0n) is 9.87. The number of hydrogen-bond acceptors (Lipinski definition) is 2. The summed E-state index contributed by atoms with van der Waals surface area (Å²) in [7, 11) is 0. The summed E-state index contributed by atoms with van der Waals surface area (Å²) in [6.07, 6.45) is 9.42. The molecule has 2 nitrogen and oxygen atoms in total. The predicted octanol–water partition coefficient (Wildman–Crippen LogP) is 2.89. The molecule has 0 aromatic rings. The van der Waals surface area contributed by atoms with Gasteiger partial charge < -0.3 is 9.84 Å². The highest BCUT2D eigenvalue weighted by Crippen LogP contribution is 2.43. The van der Waals surface area contributed by atoms with E-state index in [-0.39, 0.29) is 11.7 Å². The summed E-state index contributed by atoms with van der Waals surface area (Å²) in [5.41, 5.74) is -0.188. The second kappa shape index (κ2) is 4.84. The molecule has 2 rings (SSSR count). The molecule has 0 saturated heterocycles. The SMILES string of the molecule is CCOC1(C(O)C2CC2)CCCCCC1. The Morgan fingerprint density at radius 1 is 1.20 bits per heavy atom. The summed E-state index contributed by atoms with van der Waals surface area (Å²) in [5.74, 6) is 0.537. The molecule has 88 valence electrons. The molecule has 0 bridgehead atoms. The summed E-state index contributed by atoms with van der Waals surface area (Å²) in [5, 5.41) is 10.4. The van der Waals surface area contributed by atoms with E-state index in [1.165, 1.54) is 38.5 Å². The molecular weight excluding hydrogens is 188 g/mol. The van der Waals surface area contributed by atoms with Crippen molar-refractivity contribution in [1.29, 1.82) is 0 Å². The van der Waals surface area contributed by atoms with Gasteiger partial charge in [-0.05, 0) is 38.5 Å². The average Bonchev–Trinajstić information content (AvgIpc) is 3.05. The van der Waals surface area contributed by atoms with E-state index in [2.05, 4.69) is 0 Å². The normalized spacial score (nSPS) is 28.4. The van der Waals surface area contributed by atoms with Crippen molar-refractivity contribution in [3.63, 3.8) is 0 Å². The molecule has 0 amide bonds. The molecule has 2 aliphatic rings. The molecule has 0 radical (unpaired) electrons. The smallest absolute Gasteiger partial charge is 0.0942 e. The Bertz CT molecular complexity index is 191. The first-order chi connectivity index (χ1) is 7.28. The molecule has 2 aliphatic carbocycles. The fourth-order valence-electron chi connectivity index (χ4n) is 2.98. The van der Waals surface area contributed by atoms with Gasteiger partial charge in [-0.25, -0.2) is 0 Å². The first-order valence-corrected chi connectivity index (χ1v) is 6.60. The first kappa shape index (κ1) is 11.4. The van der Waals surface area contributed by atoms with Gasteiger partial charge >= 0.3 is 0 Å². The summed E-state index contributed by atoms with van der Waals surface area (Å²) in [4.78, 5) is 0. The van der Waals surface area contributed by atoms with Crippen LogP contribution in [0.5, 0.6) is 0 Å². The molecule has 1 N–H and O–H groups in total. The van der Waals surface area contributed by atoms with Crippen LogP contribution >= 0.6 is 0 Å². The highest BCUT2D eigenvalue weighted by atomic mass is 16.5. The van der Waals surface area contributed by atoms with Crippen molar-refractivity contribution in [3.05, 3.63) is 0 Å². The van der Waals surface area contributed by atoms with E-state index in [0.29, 0.717) is 5.92 Å². The Balaban J connectivity index is 2.05. The van der Waals surface area contributed by atoms with Crippen LogP contribution in [0.15, 0.2) is 0 Å². The van der Waals surface area contributed by atoms with Crippen molar-refractivity contribution in [2.75, 3.05) is 6.61 Å². The molecule has 2 fully saturated rings. The molecule has 1 unspecified atom stereocenters. The predicted molar refractivity (Wildman–Crippen MR) is 60.8 cm³/mol. The largest absolute Gasteiger partial charge is 0.390 e. The summed E-state index contributed by atoms with van der Waals surface area (Å²) < 4.78 is 5.96. The van der Waals surface area contributed by atoms with Crippen LogP contribution in [-0.4, -0.2) is 23.4 Å². The van der Waals surface area contributed by atoms with Crippen LogP contribution in [0.2, 0.25) is 0 Å². The van der Waals surface area contributed by atoms with Gasteiger partial charge in [-0.1, -0.05) is 25.7 Å². The van der Waals surface area contributed by atoms with E-state index in [4.69, 9.17) is 4.74 Å². The van der Waals surface area contributed by atoms with Crippen LogP contribution in [0.4, 0.5) is 0 Å². The second-order valence-electron chi connectivity index (χ2n) is 5.19. The van der Waals surface area contributed by atoms with Crippen molar-refractivity contribution in [2.45, 2.75) is 70.0 Å². The third-order valence-corrected chi connectivity index (χ3v) is 3.99. The van der Waals surface area contributed by atoms with Crippen LogP contribution in [0.3, 0.4) is 0 Å². The second-order valence-corrected chi connectivity index (χ2v) is 5.19. The van der Waals surface area contributed by atoms with Gasteiger partial charge in [-0.3, -0.25) is 0 Å². The summed E-state index contributed by atoms with van der Waals surface area (Å²) in [6.45, 7) is 2.79. The molecule has 0 aromatic heterocycles. The minimum absolute atomic E-state index is 0.188. The quantitative estimate of drug-likeness (QED) is 0.726. The third-order valence-electron chi connectivity index (χ3n) is 3.99. The molecule has 0 heterocycles. The lowest BCUT2D eigenvalue weighted by atomic mass is 9.85. The van der Waals surface area contributed by atoms with Crippen molar-refractivity contribution < 1.29 is 9.84 Å². The van der Waals surface area contributed by atoms with Gasteiger partial charge in [0, 0.05) is 6.61 Å². The van der Waals surface area contributed by atoms with Crippen LogP contribution < -0.4 is 0 Å². The van der Waals surface area contributed by atoms with Gasteiger partial charge in [-0.15, -0.1) is 0 Å². The molecule has 2 heteroatoms. The van der Waals surface area contributed by atoms with Crippen molar-refractivity contribution >= 4 is 0 Å². The van der Waals surface area contributed by atoms with Gasteiger partial charge in [0.15, 0.2) is 0 Å². The van der Waals surface area contributed by atoms with Gasteiger partial charge in [0.2, 0.25) is 0 Å². The van der Waals surface area contributed by atoms with Gasteiger partial charge in [0.05, 0.1) is 11.7 Å². The summed E-state index contributed by atoms with van der Waals surface area (Å²) >= 11 is 0. The third kappa shape index (κ3) is 2.54. The fraction of sp³-hybridized carbons (Fsp3) is 1.00. The Hall–Kier alpha value is -0.0800. The minimum atomic E-state index is -0.199. The van der Waals surface area contributed by atoms with Crippen LogP contribution in [0.25, 0.3) is 0 Å². The van der Waals surface area contributed by atoms with E-state index in [0.717, 1.165) is 19.4 Å². The lowest BCUT2D eigenvalue weighted by molar-refractivity contribution is -0.136. The maximum Gasteiger partial charge on any atom is 0.0942 e. The van der Waals surface area contributed by atoms with Crippen molar-refractivity contribution in [1.82, 2.24) is 0 Å². The van der Waals surface area contributed by atoms with Crippen molar-refractivity contribution in [2.24, 2.45) is 5.92 Å². The Kier molecular flexibility index (Phi) is 3.68. The fourth-order valence-corrected chi connectivity index (χ4v) is 2.98. The number of rotatable bonds is 4. The Labute approximate surface area is 93.0 Å². The topological polar surface area (TPSA) is 29.5 Å². The molecule has 15 heavy (non-hydrogen) atoms. The number of aliphatic hydroxyl groups is 1. The molecule has 0 aliphatic heterocycles. The lowest BCUT2D eigenvalue weighted by Crippen LogP contribution is -2.46. The van der Waals surface area contributed by atoms with Crippen LogP contribution in [-0.2, 0) is 4.74 Å². The first-order valence-electron chi connectivity index (χ1n) is 6.60. The molecule has 2 saturated carbocycles. The number of ether oxygens (including phenoxy) is 1. The van der Waals surface area contributed by atoms with Crippen LogP contribution in [0.1, 0.15) is 58.3 Å². The van der Waals surface area contributed by atoms with E-state index < -0.39 is 0 Å². The maximum atomic E-state index is 10.4. The average molecular weight is 212 g/mol.